The largest absolute Gasteiger partial charge is 0.457 e. The first kappa shape index (κ1) is 19.7. The standard InChI is InChI=1S/C18H12F3N3O3S/c19-8-28(26,24-9-23)16-2-1-15(13-6-14(21)18(25)17(13)16)27-12-4-10(7-22)3-11(20)5-12/h1-5,14,18,25H,6,8H2/t14?,18-,28?/m1/s1. The van der Waals surface area contributed by atoms with Gasteiger partial charge < -0.3 is 9.84 Å². The molecule has 28 heavy (non-hydrogen) atoms. The van der Waals surface area contributed by atoms with Crippen LogP contribution >= 0.6 is 0 Å². The molecule has 0 fully saturated rings. The van der Waals surface area contributed by atoms with Crippen LogP contribution in [0.4, 0.5) is 13.2 Å². The van der Waals surface area contributed by atoms with Gasteiger partial charge >= 0.3 is 0 Å². The van der Waals surface area contributed by atoms with Gasteiger partial charge in [0.15, 0.2) is 6.01 Å². The number of fused-ring (bicyclic) bond motifs is 1. The molecule has 3 atom stereocenters. The van der Waals surface area contributed by atoms with Crippen molar-refractivity contribution in [3.63, 3.8) is 0 Å². The monoisotopic (exact) mass is 407 g/mol. The van der Waals surface area contributed by atoms with Crippen molar-refractivity contribution in [2.75, 3.05) is 6.01 Å². The third-order valence-corrected chi connectivity index (χ3v) is 5.94. The van der Waals surface area contributed by atoms with Crippen LogP contribution in [0.3, 0.4) is 0 Å². The normalized spacial score (nSPS) is 19.8. The fraction of sp³-hybridized carbons (Fsp3) is 0.222. The summed E-state index contributed by atoms with van der Waals surface area (Å²) in [6.45, 7) is 0. The zero-order chi connectivity index (χ0) is 20.5. The van der Waals surface area contributed by atoms with Crippen LogP contribution in [-0.2, 0) is 16.1 Å². The average Bonchev–Trinajstić information content (AvgIpc) is 2.97. The molecule has 0 spiro atoms. The molecule has 0 heterocycles. The number of nitriles is 2. The Labute approximate surface area is 158 Å². The number of rotatable bonds is 4. The molecule has 10 heteroatoms. The van der Waals surface area contributed by atoms with E-state index in [0.29, 0.717) is 0 Å². The van der Waals surface area contributed by atoms with E-state index in [1.807, 2.05) is 0 Å². The van der Waals surface area contributed by atoms with E-state index in [-0.39, 0.29) is 39.5 Å². The topological polar surface area (TPSA) is 106 Å². The van der Waals surface area contributed by atoms with Crippen LogP contribution < -0.4 is 4.74 Å². The Morgan fingerprint density at radius 2 is 2.07 bits per heavy atom. The van der Waals surface area contributed by atoms with Crippen LogP contribution in [-0.4, -0.2) is 21.5 Å². The minimum Gasteiger partial charge on any atom is -0.457 e. The van der Waals surface area contributed by atoms with Crippen LogP contribution in [0.5, 0.6) is 11.5 Å². The summed E-state index contributed by atoms with van der Waals surface area (Å²) in [5, 5.41) is 27.8. The highest BCUT2D eigenvalue weighted by Gasteiger charge is 2.38. The molecule has 0 aliphatic heterocycles. The van der Waals surface area contributed by atoms with E-state index in [0.717, 1.165) is 18.2 Å². The number of aliphatic hydroxyl groups is 1. The Balaban J connectivity index is 2.16. The molecule has 1 aliphatic carbocycles. The number of hydrogen-bond acceptors (Lipinski definition) is 6. The molecule has 0 radical (unpaired) electrons. The second-order valence-electron chi connectivity index (χ2n) is 5.95. The third kappa shape index (κ3) is 3.40. The first-order valence-electron chi connectivity index (χ1n) is 7.88. The van der Waals surface area contributed by atoms with E-state index < -0.39 is 33.8 Å². The number of nitrogens with zero attached hydrogens (tertiary/aromatic N) is 3. The zero-order valence-electron chi connectivity index (χ0n) is 14.1. The van der Waals surface area contributed by atoms with Crippen LogP contribution in [0.15, 0.2) is 39.6 Å². The second-order valence-corrected chi connectivity index (χ2v) is 8.07. The number of halogens is 3. The molecule has 2 unspecified atom stereocenters. The summed E-state index contributed by atoms with van der Waals surface area (Å²) in [6, 6.07) is 5.92. The lowest BCUT2D eigenvalue weighted by molar-refractivity contribution is 0.0907. The van der Waals surface area contributed by atoms with Gasteiger partial charge in [-0.15, -0.1) is 4.36 Å². The van der Waals surface area contributed by atoms with Gasteiger partial charge in [0.05, 0.1) is 16.5 Å². The molecule has 6 nitrogen and oxygen atoms in total. The van der Waals surface area contributed by atoms with Crippen LogP contribution in [0, 0.1) is 28.6 Å². The highest BCUT2D eigenvalue weighted by atomic mass is 32.2. The molecule has 144 valence electrons. The highest BCUT2D eigenvalue weighted by Crippen LogP contribution is 2.44. The number of hydrogen-bond donors (Lipinski definition) is 1. The van der Waals surface area contributed by atoms with Crippen molar-refractivity contribution < 1.29 is 27.2 Å². The van der Waals surface area contributed by atoms with Gasteiger partial charge in [-0.2, -0.15) is 10.5 Å². The SMILES string of the molecule is N#CN=S(=O)(CF)c1ccc(Oc2cc(F)cc(C#N)c2)c2c1[C@H](O)C(F)C2. The lowest BCUT2D eigenvalue weighted by Crippen LogP contribution is -2.11. The molecule has 0 saturated heterocycles. The number of aliphatic hydroxyl groups excluding tert-OH is 1. The lowest BCUT2D eigenvalue weighted by atomic mass is 10.1. The maximum Gasteiger partial charge on any atom is 0.215 e. The summed E-state index contributed by atoms with van der Waals surface area (Å²) < 4.78 is 62.5. The molecule has 0 bridgehead atoms. The smallest absolute Gasteiger partial charge is 0.215 e. The summed E-state index contributed by atoms with van der Waals surface area (Å²) in [5.74, 6) is -0.750. The zero-order valence-corrected chi connectivity index (χ0v) is 14.9. The first-order chi connectivity index (χ1) is 13.3. The number of benzene rings is 2. The van der Waals surface area contributed by atoms with Crippen LogP contribution in [0.25, 0.3) is 0 Å². The predicted octanol–water partition coefficient (Wildman–Crippen LogP) is 3.65. The van der Waals surface area contributed by atoms with Crippen molar-refractivity contribution in [1.82, 2.24) is 0 Å². The summed E-state index contributed by atoms with van der Waals surface area (Å²) in [5.41, 5.74) is -0.0573. The molecule has 2 aromatic carbocycles. The van der Waals surface area contributed by atoms with Crippen LogP contribution in [0.2, 0.25) is 0 Å². The molecular formula is C18H12F3N3O3S. The molecule has 1 aliphatic rings. The van der Waals surface area contributed by atoms with Gasteiger partial charge in [-0.25, -0.2) is 17.4 Å². The molecule has 0 aromatic heterocycles. The van der Waals surface area contributed by atoms with Crippen molar-refractivity contribution in [3.8, 4) is 23.8 Å². The molecule has 3 rings (SSSR count). The first-order valence-corrected chi connectivity index (χ1v) is 9.56. The van der Waals surface area contributed by atoms with Gasteiger partial charge in [0.25, 0.3) is 0 Å². The predicted molar refractivity (Wildman–Crippen MR) is 91.6 cm³/mol. The Morgan fingerprint density at radius 1 is 1.32 bits per heavy atom. The molecule has 0 saturated carbocycles. The number of ether oxygens (including phenoxy) is 1. The van der Waals surface area contributed by atoms with E-state index >= 15 is 0 Å². The van der Waals surface area contributed by atoms with Crippen molar-refractivity contribution in [1.29, 1.82) is 10.5 Å². The van der Waals surface area contributed by atoms with Gasteiger partial charge in [-0.05, 0) is 24.3 Å². The van der Waals surface area contributed by atoms with Gasteiger partial charge in [-0.1, -0.05) is 0 Å². The van der Waals surface area contributed by atoms with Crippen molar-refractivity contribution in [3.05, 3.63) is 52.8 Å². The van der Waals surface area contributed by atoms with Gasteiger partial charge in [0.2, 0.25) is 6.19 Å². The maximum absolute atomic E-state index is 14.2. The van der Waals surface area contributed by atoms with Gasteiger partial charge in [0, 0.05) is 23.6 Å². The summed E-state index contributed by atoms with van der Waals surface area (Å²) in [7, 11) is -3.83. The Kier molecular flexibility index (Phi) is 5.27. The maximum atomic E-state index is 14.2. The molecule has 2 aromatic rings. The second kappa shape index (κ2) is 7.50. The fourth-order valence-electron chi connectivity index (χ4n) is 3.03. The summed E-state index contributed by atoms with van der Waals surface area (Å²) >= 11 is 0. The highest BCUT2D eigenvalue weighted by molar-refractivity contribution is 7.93. The van der Waals surface area contributed by atoms with Gasteiger partial charge in [0.1, 0.15) is 39.3 Å². The van der Waals surface area contributed by atoms with Crippen molar-refractivity contribution >= 4 is 9.73 Å². The average molecular weight is 407 g/mol. The van der Waals surface area contributed by atoms with E-state index in [4.69, 9.17) is 15.3 Å². The van der Waals surface area contributed by atoms with E-state index in [2.05, 4.69) is 4.36 Å². The fourth-order valence-corrected chi connectivity index (χ4v) is 4.30. The third-order valence-electron chi connectivity index (χ3n) is 4.22. The Morgan fingerprint density at radius 3 is 2.71 bits per heavy atom. The van der Waals surface area contributed by atoms with Crippen LogP contribution in [0.1, 0.15) is 22.8 Å². The van der Waals surface area contributed by atoms with Crippen molar-refractivity contribution in [2.24, 2.45) is 4.36 Å². The van der Waals surface area contributed by atoms with E-state index in [9.17, 15) is 22.5 Å². The summed E-state index contributed by atoms with van der Waals surface area (Å²) in [6.07, 6.45) is -2.53. The van der Waals surface area contributed by atoms with E-state index in [1.165, 1.54) is 18.3 Å². The Bertz CT molecular complexity index is 1150. The lowest BCUT2D eigenvalue weighted by Gasteiger charge is -2.16. The van der Waals surface area contributed by atoms with E-state index in [1.54, 1.807) is 6.07 Å². The minimum absolute atomic E-state index is 0.0000580. The summed E-state index contributed by atoms with van der Waals surface area (Å²) in [4.78, 5) is -0.288. The Hall–Kier alpha value is -3.08. The van der Waals surface area contributed by atoms with Gasteiger partial charge in [-0.3, -0.25) is 0 Å². The minimum atomic E-state index is -3.83. The number of alkyl halides is 2. The molecule has 1 N–H and O–H groups in total. The molecular weight excluding hydrogens is 395 g/mol. The quantitative estimate of drug-likeness (QED) is 0.779. The van der Waals surface area contributed by atoms with Crippen molar-refractivity contribution in [2.45, 2.75) is 23.6 Å². The molecule has 0 amide bonds.